The van der Waals surface area contributed by atoms with Crippen LogP contribution in [0.2, 0.25) is 0 Å². The van der Waals surface area contributed by atoms with E-state index in [9.17, 15) is 13.2 Å². The minimum atomic E-state index is -1.34. The van der Waals surface area contributed by atoms with Crippen molar-refractivity contribution >= 4 is 5.82 Å². The molecule has 3 nitrogen and oxygen atoms in total. The molecule has 0 aliphatic heterocycles. The average Bonchev–Trinajstić information content (AvgIpc) is 2.26. The van der Waals surface area contributed by atoms with Crippen LogP contribution in [-0.4, -0.2) is 18.1 Å². The molecule has 1 heterocycles. The third kappa shape index (κ3) is 2.63. The summed E-state index contributed by atoms with van der Waals surface area (Å²) in [6, 6.07) is 2.34. The quantitative estimate of drug-likeness (QED) is 0.743. The molecular formula is C10H10F3N3. The number of hydrogen-bond acceptors (Lipinski definition) is 3. The van der Waals surface area contributed by atoms with Gasteiger partial charge in [0, 0.05) is 19.2 Å². The Labute approximate surface area is 91.1 Å². The molecule has 0 unspecified atom stereocenters. The molecule has 0 aliphatic rings. The first-order chi connectivity index (χ1) is 7.60. The van der Waals surface area contributed by atoms with Crippen molar-refractivity contribution in [2.24, 2.45) is 0 Å². The molecule has 0 bridgehead atoms. The van der Waals surface area contributed by atoms with Crippen molar-refractivity contribution in [2.45, 2.75) is 13.3 Å². The lowest BCUT2D eigenvalue weighted by molar-refractivity contribution is 0.463. The number of halogens is 3. The van der Waals surface area contributed by atoms with Gasteiger partial charge in [0.1, 0.15) is 0 Å². The van der Waals surface area contributed by atoms with Crippen LogP contribution in [0.15, 0.2) is 6.07 Å². The van der Waals surface area contributed by atoms with Crippen LogP contribution in [0, 0.1) is 28.9 Å². The van der Waals surface area contributed by atoms with Gasteiger partial charge in [-0.3, -0.25) is 0 Å². The van der Waals surface area contributed by atoms with Crippen LogP contribution in [0.5, 0.6) is 0 Å². The summed E-state index contributed by atoms with van der Waals surface area (Å²) in [5.74, 6) is -3.86. The highest BCUT2D eigenvalue weighted by Gasteiger charge is 2.16. The molecule has 0 spiro atoms. The van der Waals surface area contributed by atoms with Gasteiger partial charge in [0.15, 0.2) is 17.5 Å². The van der Waals surface area contributed by atoms with E-state index in [1.54, 1.807) is 6.92 Å². The standard InChI is InChI=1S/C10H10F3N3/c1-2-16(5-3-4-14)10-8(12)6-7(11)9(13)15-10/h6H,2-3,5H2,1H3. The molecule has 6 heteroatoms. The highest BCUT2D eigenvalue weighted by atomic mass is 19.2. The number of pyridine rings is 1. The lowest BCUT2D eigenvalue weighted by atomic mass is 10.3. The van der Waals surface area contributed by atoms with E-state index in [2.05, 4.69) is 4.98 Å². The molecule has 1 aromatic rings. The predicted molar refractivity (Wildman–Crippen MR) is 52.2 cm³/mol. The predicted octanol–water partition coefficient (Wildman–Crippen LogP) is 2.24. The van der Waals surface area contributed by atoms with Crippen molar-refractivity contribution in [3.8, 4) is 6.07 Å². The zero-order valence-corrected chi connectivity index (χ0v) is 8.67. The Bertz CT molecular complexity index is 415. The molecule has 1 rings (SSSR count). The summed E-state index contributed by atoms with van der Waals surface area (Å²) in [4.78, 5) is 4.57. The van der Waals surface area contributed by atoms with E-state index < -0.39 is 17.6 Å². The maximum atomic E-state index is 13.3. The van der Waals surface area contributed by atoms with Crippen LogP contribution < -0.4 is 4.90 Å². The Morgan fingerprint density at radius 1 is 1.38 bits per heavy atom. The van der Waals surface area contributed by atoms with Gasteiger partial charge in [-0.05, 0) is 6.92 Å². The topological polar surface area (TPSA) is 39.9 Å². The van der Waals surface area contributed by atoms with E-state index in [1.807, 2.05) is 6.07 Å². The van der Waals surface area contributed by atoms with Crippen molar-refractivity contribution in [3.05, 3.63) is 23.6 Å². The first-order valence-corrected chi connectivity index (χ1v) is 4.73. The second-order valence-electron chi connectivity index (χ2n) is 3.05. The number of anilines is 1. The van der Waals surface area contributed by atoms with E-state index in [-0.39, 0.29) is 18.8 Å². The second kappa shape index (κ2) is 5.35. The van der Waals surface area contributed by atoms with Crippen LogP contribution in [0.3, 0.4) is 0 Å². The van der Waals surface area contributed by atoms with Crippen molar-refractivity contribution in [1.82, 2.24) is 4.98 Å². The van der Waals surface area contributed by atoms with Crippen LogP contribution >= 0.6 is 0 Å². The third-order valence-corrected chi connectivity index (χ3v) is 2.04. The Morgan fingerprint density at radius 2 is 2.06 bits per heavy atom. The smallest absolute Gasteiger partial charge is 0.251 e. The Morgan fingerprint density at radius 3 is 2.62 bits per heavy atom. The number of rotatable bonds is 4. The fourth-order valence-corrected chi connectivity index (χ4v) is 1.26. The first kappa shape index (κ1) is 12.3. The van der Waals surface area contributed by atoms with E-state index >= 15 is 0 Å². The largest absolute Gasteiger partial charge is 0.353 e. The number of nitrogens with zero attached hydrogens (tertiary/aromatic N) is 3. The van der Waals surface area contributed by atoms with Gasteiger partial charge in [-0.1, -0.05) is 0 Å². The highest BCUT2D eigenvalue weighted by Crippen LogP contribution is 2.18. The molecule has 0 N–H and O–H groups in total. The van der Waals surface area contributed by atoms with Gasteiger partial charge in [0.05, 0.1) is 12.5 Å². The lowest BCUT2D eigenvalue weighted by Gasteiger charge is -2.20. The summed E-state index contributed by atoms with van der Waals surface area (Å²) >= 11 is 0. The van der Waals surface area contributed by atoms with Gasteiger partial charge in [-0.25, -0.2) is 8.78 Å². The van der Waals surface area contributed by atoms with Gasteiger partial charge < -0.3 is 4.90 Å². The molecular weight excluding hydrogens is 219 g/mol. The monoisotopic (exact) mass is 229 g/mol. The molecule has 0 atom stereocenters. The molecule has 0 aromatic carbocycles. The van der Waals surface area contributed by atoms with Crippen molar-refractivity contribution < 1.29 is 13.2 Å². The number of nitriles is 1. The van der Waals surface area contributed by atoms with E-state index in [1.165, 1.54) is 4.90 Å². The fourth-order valence-electron chi connectivity index (χ4n) is 1.26. The molecule has 0 fully saturated rings. The van der Waals surface area contributed by atoms with Crippen LogP contribution in [-0.2, 0) is 0 Å². The summed E-state index contributed by atoms with van der Waals surface area (Å²) in [5.41, 5.74) is 0. The summed E-state index contributed by atoms with van der Waals surface area (Å²) in [6.45, 7) is 2.29. The number of hydrogen-bond donors (Lipinski definition) is 0. The molecule has 0 saturated carbocycles. The first-order valence-electron chi connectivity index (χ1n) is 4.73. The molecule has 0 radical (unpaired) electrons. The second-order valence-corrected chi connectivity index (χ2v) is 3.05. The van der Waals surface area contributed by atoms with Gasteiger partial charge in [0.25, 0.3) is 5.95 Å². The summed E-state index contributed by atoms with van der Waals surface area (Å²) in [5, 5.41) is 8.40. The molecule has 0 aliphatic carbocycles. The molecule has 0 amide bonds. The molecule has 16 heavy (non-hydrogen) atoms. The van der Waals surface area contributed by atoms with Gasteiger partial charge in [0.2, 0.25) is 0 Å². The summed E-state index contributed by atoms with van der Waals surface area (Å²) in [6.07, 6.45) is 0.161. The van der Waals surface area contributed by atoms with E-state index in [0.29, 0.717) is 12.6 Å². The maximum absolute atomic E-state index is 13.3. The van der Waals surface area contributed by atoms with Crippen molar-refractivity contribution in [2.75, 3.05) is 18.0 Å². The van der Waals surface area contributed by atoms with Gasteiger partial charge in [-0.2, -0.15) is 14.6 Å². The van der Waals surface area contributed by atoms with Gasteiger partial charge >= 0.3 is 0 Å². The Hall–Kier alpha value is -1.77. The average molecular weight is 229 g/mol. The van der Waals surface area contributed by atoms with E-state index in [4.69, 9.17) is 5.26 Å². The highest BCUT2D eigenvalue weighted by molar-refractivity contribution is 5.40. The molecule has 1 aromatic heterocycles. The van der Waals surface area contributed by atoms with Crippen molar-refractivity contribution in [3.63, 3.8) is 0 Å². The molecule has 0 saturated heterocycles. The third-order valence-electron chi connectivity index (χ3n) is 2.04. The van der Waals surface area contributed by atoms with Crippen LogP contribution in [0.1, 0.15) is 13.3 Å². The Kier molecular flexibility index (Phi) is 4.11. The fraction of sp³-hybridized carbons (Fsp3) is 0.400. The Balaban J connectivity index is 3.01. The molecule has 86 valence electrons. The van der Waals surface area contributed by atoms with Crippen LogP contribution in [0.4, 0.5) is 19.0 Å². The minimum Gasteiger partial charge on any atom is -0.353 e. The minimum absolute atomic E-state index is 0.161. The zero-order valence-electron chi connectivity index (χ0n) is 8.67. The SMILES string of the molecule is CCN(CCC#N)c1nc(F)c(F)cc1F. The number of aromatic nitrogens is 1. The lowest BCUT2D eigenvalue weighted by Crippen LogP contribution is -2.26. The van der Waals surface area contributed by atoms with Gasteiger partial charge in [-0.15, -0.1) is 0 Å². The normalized spacial score (nSPS) is 9.94. The summed E-state index contributed by atoms with van der Waals surface area (Å²) in [7, 11) is 0. The summed E-state index contributed by atoms with van der Waals surface area (Å²) < 4.78 is 38.8. The van der Waals surface area contributed by atoms with Crippen molar-refractivity contribution in [1.29, 1.82) is 5.26 Å². The zero-order chi connectivity index (χ0) is 12.1. The van der Waals surface area contributed by atoms with Crippen LogP contribution in [0.25, 0.3) is 0 Å². The maximum Gasteiger partial charge on any atom is 0.251 e. The van der Waals surface area contributed by atoms with E-state index in [0.717, 1.165) is 0 Å².